The van der Waals surface area contributed by atoms with Crippen molar-refractivity contribution in [2.45, 2.75) is 71.9 Å². The Morgan fingerprint density at radius 2 is 1.90 bits per heavy atom. The number of rotatable bonds is 17. The van der Waals surface area contributed by atoms with E-state index in [4.69, 9.17) is 4.42 Å². The summed E-state index contributed by atoms with van der Waals surface area (Å²) in [6, 6.07) is 2.97. The van der Waals surface area contributed by atoms with Gasteiger partial charge in [-0.15, -0.1) is 0 Å². The van der Waals surface area contributed by atoms with E-state index in [0.717, 1.165) is 25.8 Å². The molecule has 0 aromatic carbocycles. The molecule has 1 heterocycles. The fraction of sp³-hybridized carbons (Fsp3) is 0.773. The zero-order valence-corrected chi connectivity index (χ0v) is 20.3. The Morgan fingerprint density at radius 1 is 1.23 bits per heavy atom. The Bertz CT molecular complexity index is 701. The summed E-state index contributed by atoms with van der Waals surface area (Å²) >= 11 is 0. The summed E-state index contributed by atoms with van der Waals surface area (Å²) < 4.78 is 32.0. The zero-order valence-electron chi connectivity index (χ0n) is 19.5. The molecule has 1 rings (SSSR count). The van der Waals surface area contributed by atoms with Gasteiger partial charge in [0.25, 0.3) is 0 Å². The van der Waals surface area contributed by atoms with Crippen LogP contribution in [0, 0.1) is 5.92 Å². The zero-order chi connectivity index (χ0) is 23.3. The molecule has 1 aromatic heterocycles. The predicted octanol–water partition coefficient (Wildman–Crippen LogP) is 2.15. The minimum atomic E-state index is -3.49. The van der Waals surface area contributed by atoms with Crippen LogP contribution in [0.4, 0.5) is 0 Å². The molecule has 0 unspecified atom stereocenters. The van der Waals surface area contributed by atoms with Gasteiger partial charge < -0.3 is 20.2 Å². The summed E-state index contributed by atoms with van der Waals surface area (Å²) in [5.74, 6) is 0.574. The monoisotopic (exact) mass is 459 g/mol. The maximum atomic E-state index is 12.6. The Balaban J connectivity index is 2.67. The van der Waals surface area contributed by atoms with Crippen LogP contribution in [-0.2, 0) is 21.2 Å². The molecule has 0 fully saturated rings. The van der Waals surface area contributed by atoms with Crippen molar-refractivity contribution in [1.82, 2.24) is 14.9 Å². The minimum absolute atomic E-state index is 0.144. The third-order valence-electron chi connectivity index (χ3n) is 4.99. The number of sulfonamides is 1. The Hall–Kier alpha value is -1.42. The Morgan fingerprint density at radius 3 is 2.45 bits per heavy atom. The fourth-order valence-electron chi connectivity index (χ4n) is 3.23. The summed E-state index contributed by atoms with van der Waals surface area (Å²) in [4.78, 5) is 12.5. The molecule has 1 aromatic rings. The first-order valence-electron chi connectivity index (χ1n) is 11.4. The van der Waals surface area contributed by atoms with Crippen molar-refractivity contribution in [2.24, 2.45) is 5.92 Å². The summed E-state index contributed by atoms with van der Waals surface area (Å²) in [6.45, 7) is 10.2. The number of carbonyl (C=O) groups excluding carboxylic acids is 1. The Kier molecular flexibility index (Phi) is 13.0. The molecule has 0 aliphatic heterocycles. The van der Waals surface area contributed by atoms with Gasteiger partial charge in [0.2, 0.25) is 15.9 Å². The van der Waals surface area contributed by atoms with Crippen LogP contribution in [0.1, 0.15) is 59.1 Å². The summed E-state index contributed by atoms with van der Waals surface area (Å²) in [5, 5.41) is 16.7. The third-order valence-corrected chi connectivity index (χ3v) is 6.86. The summed E-state index contributed by atoms with van der Waals surface area (Å²) in [6.07, 6.45) is 3.36. The number of furan rings is 1. The van der Waals surface area contributed by atoms with E-state index in [1.54, 1.807) is 18.4 Å². The molecule has 1 amide bonds. The second-order valence-electron chi connectivity index (χ2n) is 8.38. The van der Waals surface area contributed by atoms with E-state index in [9.17, 15) is 18.3 Å². The van der Waals surface area contributed by atoms with Crippen molar-refractivity contribution in [2.75, 3.05) is 31.9 Å². The molecule has 31 heavy (non-hydrogen) atoms. The SMILES string of the molecule is CCCN(CCC)S(=O)(=O)CCC(=O)N[C@@H](Cc1ccco1)[C@H](O)CNCCC(C)C. The summed E-state index contributed by atoms with van der Waals surface area (Å²) in [7, 11) is -3.49. The molecule has 9 heteroatoms. The van der Waals surface area contributed by atoms with Crippen LogP contribution in [0.15, 0.2) is 22.8 Å². The van der Waals surface area contributed by atoms with Crippen LogP contribution in [0.5, 0.6) is 0 Å². The van der Waals surface area contributed by atoms with Gasteiger partial charge in [-0.3, -0.25) is 4.79 Å². The van der Waals surface area contributed by atoms with E-state index in [1.165, 1.54) is 4.31 Å². The lowest BCUT2D eigenvalue weighted by atomic mass is 10.0. The highest BCUT2D eigenvalue weighted by molar-refractivity contribution is 7.89. The summed E-state index contributed by atoms with van der Waals surface area (Å²) in [5.41, 5.74) is 0. The lowest BCUT2D eigenvalue weighted by molar-refractivity contribution is -0.122. The number of aliphatic hydroxyl groups is 1. The van der Waals surface area contributed by atoms with E-state index < -0.39 is 28.1 Å². The highest BCUT2D eigenvalue weighted by atomic mass is 32.2. The highest BCUT2D eigenvalue weighted by Gasteiger charge is 2.25. The van der Waals surface area contributed by atoms with Crippen molar-refractivity contribution < 1.29 is 22.7 Å². The number of amides is 1. The van der Waals surface area contributed by atoms with Crippen LogP contribution in [0.2, 0.25) is 0 Å². The van der Waals surface area contributed by atoms with Crippen molar-refractivity contribution in [3.05, 3.63) is 24.2 Å². The maximum Gasteiger partial charge on any atom is 0.221 e. The molecule has 0 radical (unpaired) electrons. The fourth-order valence-corrected chi connectivity index (χ4v) is 4.85. The minimum Gasteiger partial charge on any atom is -0.469 e. The van der Waals surface area contributed by atoms with Crippen molar-refractivity contribution in [3.8, 4) is 0 Å². The molecule has 2 atom stereocenters. The first-order chi connectivity index (χ1) is 14.7. The van der Waals surface area contributed by atoms with E-state index >= 15 is 0 Å². The van der Waals surface area contributed by atoms with Gasteiger partial charge in [0.15, 0.2) is 0 Å². The normalized spacial score (nSPS) is 14.2. The quantitative estimate of drug-likeness (QED) is 0.308. The molecule has 0 saturated heterocycles. The van der Waals surface area contributed by atoms with Crippen LogP contribution in [0.3, 0.4) is 0 Å². The van der Waals surface area contributed by atoms with Gasteiger partial charge in [-0.2, -0.15) is 0 Å². The van der Waals surface area contributed by atoms with Crippen LogP contribution >= 0.6 is 0 Å². The molecule has 180 valence electrons. The topological polar surface area (TPSA) is 112 Å². The lowest BCUT2D eigenvalue weighted by Gasteiger charge is -2.25. The average Bonchev–Trinajstić information content (AvgIpc) is 3.22. The predicted molar refractivity (Wildman–Crippen MR) is 123 cm³/mol. The molecular weight excluding hydrogens is 418 g/mol. The van der Waals surface area contributed by atoms with Gasteiger partial charge in [-0.25, -0.2) is 12.7 Å². The van der Waals surface area contributed by atoms with E-state index in [-0.39, 0.29) is 12.2 Å². The van der Waals surface area contributed by atoms with Crippen molar-refractivity contribution in [3.63, 3.8) is 0 Å². The molecule has 0 bridgehead atoms. The van der Waals surface area contributed by atoms with Crippen LogP contribution < -0.4 is 10.6 Å². The van der Waals surface area contributed by atoms with Crippen molar-refractivity contribution >= 4 is 15.9 Å². The van der Waals surface area contributed by atoms with E-state index in [0.29, 0.717) is 37.7 Å². The van der Waals surface area contributed by atoms with E-state index in [2.05, 4.69) is 24.5 Å². The molecule has 0 aliphatic rings. The lowest BCUT2D eigenvalue weighted by Crippen LogP contribution is -2.49. The third kappa shape index (κ3) is 11.1. The van der Waals surface area contributed by atoms with Crippen LogP contribution in [-0.4, -0.2) is 67.8 Å². The van der Waals surface area contributed by atoms with Gasteiger partial charge >= 0.3 is 0 Å². The number of carbonyl (C=O) groups is 1. The Labute approximate surface area is 187 Å². The molecule has 0 spiro atoms. The van der Waals surface area contributed by atoms with Crippen molar-refractivity contribution in [1.29, 1.82) is 0 Å². The first kappa shape index (κ1) is 27.6. The second-order valence-corrected chi connectivity index (χ2v) is 10.5. The number of nitrogens with one attached hydrogen (secondary N) is 2. The average molecular weight is 460 g/mol. The highest BCUT2D eigenvalue weighted by Crippen LogP contribution is 2.10. The van der Waals surface area contributed by atoms with Crippen LogP contribution in [0.25, 0.3) is 0 Å². The number of aliphatic hydroxyl groups excluding tert-OH is 1. The van der Waals surface area contributed by atoms with Gasteiger partial charge in [-0.1, -0.05) is 27.7 Å². The molecule has 0 saturated carbocycles. The molecule has 3 N–H and O–H groups in total. The van der Waals surface area contributed by atoms with Gasteiger partial charge in [0.1, 0.15) is 5.76 Å². The maximum absolute atomic E-state index is 12.6. The molecule has 0 aliphatic carbocycles. The van der Waals surface area contributed by atoms with Gasteiger partial charge in [0.05, 0.1) is 24.2 Å². The molecular formula is C22H41N3O5S. The smallest absolute Gasteiger partial charge is 0.221 e. The van der Waals surface area contributed by atoms with E-state index in [1.807, 2.05) is 13.8 Å². The second kappa shape index (κ2) is 14.6. The number of nitrogens with zero attached hydrogens (tertiary/aromatic N) is 1. The first-order valence-corrected chi connectivity index (χ1v) is 13.0. The van der Waals surface area contributed by atoms with Gasteiger partial charge in [-0.05, 0) is 43.9 Å². The largest absolute Gasteiger partial charge is 0.469 e. The number of hydrogen-bond donors (Lipinski definition) is 3. The standard InChI is InChI=1S/C22H41N3O5S/c1-5-12-25(13-6-2)31(28,29)15-10-22(27)24-20(16-19-8-7-14-30-19)21(26)17-23-11-9-18(3)4/h7-8,14,18,20-21,23,26H,5-6,9-13,15-17H2,1-4H3,(H,24,27)/t20-,21+/m0/s1. The number of hydrogen-bond acceptors (Lipinski definition) is 6. The van der Waals surface area contributed by atoms with Gasteiger partial charge in [0, 0.05) is 32.5 Å². The molecule has 8 nitrogen and oxygen atoms in total.